The summed E-state index contributed by atoms with van der Waals surface area (Å²) in [5, 5.41) is 10.7. The molecule has 0 radical (unpaired) electrons. The molecule has 0 saturated carbocycles. The average molecular weight is 429 g/mol. The number of benzene rings is 3. The Hall–Kier alpha value is -3.71. The summed E-state index contributed by atoms with van der Waals surface area (Å²) < 4.78 is 7.41. The van der Waals surface area contributed by atoms with Gasteiger partial charge in [-0.05, 0) is 35.4 Å². The molecule has 1 N–H and O–H groups in total. The number of carbonyl (C=O) groups is 1. The minimum absolute atomic E-state index is 0.0728. The Balaban J connectivity index is 1.38. The fourth-order valence-electron chi connectivity index (χ4n) is 3.70. The van der Waals surface area contributed by atoms with Gasteiger partial charge in [0.25, 0.3) is 0 Å². The van der Waals surface area contributed by atoms with Gasteiger partial charge in [-0.25, -0.2) is 9.50 Å². The van der Waals surface area contributed by atoms with E-state index < -0.39 is 0 Å². The van der Waals surface area contributed by atoms with Crippen LogP contribution in [0.4, 0.5) is 5.69 Å². The van der Waals surface area contributed by atoms with Crippen LogP contribution in [-0.2, 0) is 11.2 Å². The Bertz CT molecular complexity index is 1410. The molecule has 154 valence electrons. The number of methoxy groups -OCH3 is 1. The summed E-state index contributed by atoms with van der Waals surface area (Å²) in [6, 6.07) is 19.8. The van der Waals surface area contributed by atoms with E-state index in [0.717, 1.165) is 37.6 Å². The van der Waals surface area contributed by atoms with Gasteiger partial charge >= 0.3 is 0 Å². The molecule has 31 heavy (non-hydrogen) atoms. The highest BCUT2D eigenvalue weighted by Gasteiger charge is 2.15. The third-order valence-electron chi connectivity index (χ3n) is 5.22. The van der Waals surface area contributed by atoms with Crippen molar-refractivity contribution in [2.24, 2.45) is 0 Å². The van der Waals surface area contributed by atoms with E-state index in [-0.39, 0.29) is 5.91 Å². The number of ether oxygens (including phenoxy) is 1. The number of anilines is 1. The Morgan fingerprint density at radius 3 is 2.81 bits per heavy atom. The number of fused-ring (bicyclic) bond motifs is 2. The molecule has 5 aromatic rings. The van der Waals surface area contributed by atoms with Gasteiger partial charge < -0.3 is 10.1 Å². The van der Waals surface area contributed by atoms with E-state index in [1.807, 2.05) is 66.2 Å². The molecule has 0 fully saturated rings. The van der Waals surface area contributed by atoms with Crippen molar-refractivity contribution in [2.45, 2.75) is 13.3 Å². The molecule has 2 heterocycles. The standard InChI is InChI=1S/C24H20N4O2S/c1-15-25-14-23-28(15)27-24(31-23)20-11-10-18(13-21(20)30-2)26-22(29)12-17-8-5-7-16-6-3-4-9-19(16)17/h3-11,13-14H,12H2,1-2H3,(H,26,29). The molecule has 7 heteroatoms. The van der Waals surface area contributed by atoms with E-state index in [1.165, 1.54) is 0 Å². The number of aromatic nitrogens is 3. The SMILES string of the molecule is COc1cc(NC(=O)Cc2cccc3ccccc23)ccc1-c1nn2c(C)ncc2s1. The van der Waals surface area contributed by atoms with Gasteiger partial charge in [-0.3, -0.25) is 4.79 Å². The number of nitrogens with zero attached hydrogens (tertiary/aromatic N) is 3. The highest BCUT2D eigenvalue weighted by molar-refractivity contribution is 7.20. The van der Waals surface area contributed by atoms with Crippen LogP contribution in [0.5, 0.6) is 5.75 Å². The topological polar surface area (TPSA) is 68.5 Å². The van der Waals surface area contributed by atoms with Crippen LogP contribution in [0.25, 0.3) is 26.2 Å². The first-order chi connectivity index (χ1) is 15.1. The Labute approximate surface area is 183 Å². The molecule has 0 aliphatic carbocycles. The minimum Gasteiger partial charge on any atom is -0.496 e. The largest absolute Gasteiger partial charge is 0.496 e. The molecule has 0 atom stereocenters. The molecule has 0 bridgehead atoms. The first kappa shape index (κ1) is 19.3. The monoisotopic (exact) mass is 428 g/mol. The van der Waals surface area contributed by atoms with Gasteiger partial charge in [-0.1, -0.05) is 53.8 Å². The molecule has 2 aromatic heterocycles. The van der Waals surface area contributed by atoms with Crippen LogP contribution >= 0.6 is 11.3 Å². The Morgan fingerprint density at radius 2 is 1.97 bits per heavy atom. The summed E-state index contributed by atoms with van der Waals surface area (Å²) in [5.74, 6) is 1.43. The quantitative estimate of drug-likeness (QED) is 0.422. The predicted octanol–water partition coefficient (Wildman–Crippen LogP) is 5.11. The zero-order valence-electron chi connectivity index (χ0n) is 17.1. The van der Waals surface area contributed by atoms with Crippen molar-refractivity contribution < 1.29 is 9.53 Å². The Kier molecular flexibility index (Phi) is 4.88. The van der Waals surface area contributed by atoms with E-state index in [4.69, 9.17) is 4.74 Å². The van der Waals surface area contributed by atoms with Gasteiger partial charge in [0.05, 0.1) is 25.3 Å². The van der Waals surface area contributed by atoms with Crippen molar-refractivity contribution in [3.8, 4) is 16.3 Å². The van der Waals surface area contributed by atoms with Crippen LogP contribution in [0.3, 0.4) is 0 Å². The maximum Gasteiger partial charge on any atom is 0.228 e. The van der Waals surface area contributed by atoms with Gasteiger partial charge in [0.2, 0.25) is 5.91 Å². The second kappa shape index (κ2) is 7.85. The first-order valence-corrected chi connectivity index (χ1v) is 10.7. The fraction of sp³-hybridized carbons (Fsp3) is 0.125. The molecule has 0 aliphatic heterocycles. The van der Waals surface area contributed by atoms with E-state index in [0.29, 0.717) is 17.9 Å². The summed E-state index contributed by atoms with van der Waals surface area (Å²) in [5.41, 5.74) is 2.57. The lowest BCUT2D eigenvalue weighted by molar-refractivity contribution is -0.115. The number of aryl methyl sites for hydroxylation is 1. The Morgan fingerprint density at radius 1 is 1.13 bits per heavy atom. The summed E-state index contributed by atoms with van der Waals surface area (Å²) in [4.78, 5) is 18.0. The third-order valence-corrected chi connectivity index (χ3v) is 6.20. The van der Waals surface area contributed by atoms with Crippen molar-refractivity contribution in [3.05, 3.63) is 78.2 Å². The number of amides is 1. The van der Waals surface area contributed by atoms with Crippen molar-refractivity contribution in [3.63, 3.8) is 0 Å². The molecule has 5 rings (SSSR count). The van der Waals surface area contributed by atoms with Gasteiger partial charge in [0, 0.05) is 11.8 Å². The van der Waals surface area contributed by atoms with E-state index in [9.17, 15) is 4.79 Å². The van der Waals surface area contributed by atoms with Crippen molar-refractivity contribution >= 4 is 38.5 Å². The smallest absolute Gasteiger partial charge is 0.228 e. The predicted molar refractivity (Wildman–Crippen MR) is 124 cm³/mol. The second-order valence-electron chi connectivity index (χ2n) is 7.24. The molecule has 3 aromatic carbocycles. The molecule has 0 saturated heterocycles. The molecule has 0 unspecified atom stereocenters. The number of carbonyl (C=O) groups excluding carboxylic acids is 1. The zero-order chi connectivity index (χ0) is 21.4. The molecule has 6 nitrogen and oxygen atoms in total. The maximum atomic E-state index is 12.7. The first-order valence-electron chi connectivity index (χ1n) is 9.88. The summed E-state index contributed by atoms with van der Waals surface area (Å²) in [6.45, 7) is 1.92. The summed E-state index contributed by atoms with van der Waals surface area (Å²) in [6.07, 6.45) is 2.11. The van der Waals surface area contributed by atoms with Gasteiger partial charge in [0.1, 0.15) is 21.4 Å². The lowest BCUT2D eigenvalue weighted by atomic mass is 10.0. The third kappa shape index (κ3) is 3.64. The molecular formula is C24H20N4O2S. The van der Waals surface area contributed by atoms with Gasteiger partial charge in [-0.15, -0.1) is 0 Å². The van der Waals surface area contributed by atoms with Gasteiger partial charge in [0.15, 0.2) is 0 Å². The van der Waals surface area contributed by atoms with Crippen molar-refractivity contribution in [2.75, 3.05) is 12.4 Å². The second-order valence-corrected chi connectivity index (χ2v) is 8.25. The number of hydrogen-bond acceptors (Lipinski definition) is 5. The number of imidazole rings is 1. The van der Waals surface area contributed by atoms with Crippen molar-refractivity contribution in [1.82, 2.24) is 14.6 Å². The summed E-state index contributed by atoms with van der Waals surface area (Å²) in [7, 11) is 1.62. The highest BCUT2D eigenvalue weighted by atomic mass is 32.1. The molecule has 1 amide bonds. The lowest BCUT2D eigenvalue weighted by Crippen LogP contribution is -2.14. The fourth-order valence-corrected chi connectivity index (χ4v) is 4.66. The molecule has 0 aliphatic rings. The summed E-state index contributed by atoms with van der Waals surface area (Å²) >= 11 is 1.55. The van der Waals surface area contributed by atoms with E-state index in [2.05, 4.69) is 27.5 Å². The maximum absolute atomic E-state index is 12.7. The van der Waals surface area contributed by atoms with Gasteiger partial charge in [-0.2, -0.15) is 5.10 Å². The van der Waals surface area contributed by atoms with Crippen LogP contribution < -0.4 is 10.1 Å². The average Bonchev–Trinajstić information content (AvgIpc) is 3.36. The minimum atomic E-state index is -0.0728. The number of nitrogens with one attached hydrogen (secondary N) is 1. The highest BCUT2D eigenvalue weighted by Crippen LogP contribution is 2.35. The van der Waals surface area contributed by atoms with Crippen LogP contribution in [-0.4, -0.2) is 27.6 Å². The van der Waals surface area contributed by atoms with E-state index in [1.54, 1.807) is 18.4 Å². The zero-order valence-corrected chi connectivity index (χ0v) is 17.9. The lowest BCUT2D eigenvalue weighted by Gasteiger charge is -2.11. The van der Waals surface area contributed by atoms with Crippen LogP contribution in [0.2, 0.25) is 0 Å². The number of rotatable bonds is 5. The van der Waals surface area contributed by atoms with Crippen LogP contribution in [0, 0.1) is 6.92 Å². The van der Waals surface area contributed by atoms with E-state index >= 15 is 0 Å². The number of hydrogen-bond donors (Lipinski definition) is 1. The van der Waals surface area contributed by atoms with Crippen LogP contribution in [0.1, 0.15) is 11.4 Å². The molecule has 0 spiro atoms. The normalized spacial score (nSPS) is 11.2. The van der Waals surface area contributed by atoms with Crippen molar-refractivity contribution in [1.29, 1.82) is 0 Å². The molecular weight excluding hydrogens is 408 g/mol. The van der Waals surface area contributed by atoms with Crippen LogP contribution in [0.15, 0.2) is 66.9 Å².